The molecule has 3 N–H and O–H groups in total. The van der Waals surface area contributed by atoms with Crippen LogP contribution in [0.25, 0.3) is 10.1 Å². The second kappa shape index (κ2) is 6.25. The summed E-state index contributed by atoms with van der Waals surface area (Å²) in [6, 6.07) is 8.72. The molecule has 23 heavy (non-hydrogen) atoms. The molecule has 1 heterocycles. The Balaban J connectivity index is 1.40. The molecule has 2 aliphatic carbocycles. The van der Waals surface area contributed by atoms with Gasteiger partial charge in [0.1, 0.15) is 0 Å². The number of nitrogens with one attached hydrogen (secondary N) is 1. The molecule has 2 fully saturated rings. The minimum Gasteiger partial charge on any atom is -0.352 e. The van der Waals surface area contributed by atoms with E-state index in [9.17, 15) is 4.79 Å². The Morgan fingerprint density at radius 2 is 1.96 bits per heavy atom. The van der Waals surface area contributed by atoms with Crippen LogP contribution in [0.15, 0.2) is 29.6 Å². The third-order valence-electron chi connectivity index (χ3n) is 5.80. The average molecular weight is 328 g/mol. The first-order valence-corrected chi connectivity index (χ1v) is 9.58. The van der Waals surface area contributed by atoms with Crippen molar-refractivity contribution in [2.24, 2.45) is 23.5 Å². The van der Waals surface area contributed by atoms with Crippen molar-refractivity contribution in [2.75, 3.05) is 0 Å². The molecule has 4 rings (SSSR count). The molecule has 4 heteroatoms. The normalized spacial score (nSPS) is 30.3. The number of carbonyl (C=O) groups is 1. The highest BCUT2D eigenvalue weighted by atomic mass is 32.1. The van der Waals surface area contributed by atoms with Crippen molar-refractivity contribution in [3.8, 4) is 0 Å². The van der Waals surface area contributed by atoms with Crippen molar-refractivity contribution in [3.05, 3.63) is 35.2 Å². The van der Waals surface area contributed by atoms with Crippen LogP contribution >= 0.6 is 11.3 Å². The molecular formula is C19H24N2OS. The smallest absolute Gasteiger partial charge is 0.223 e. The number of thiophene rings is 1. The van der Waals surface area contributed by atoms with Crippen LogP contribution < -0.4 is 11.1 Å². The molecule has 1 aromatic carbocycles. The lowest BCUT2D eigenvalue weighted by atomic mass is 9.65. The molecule has 2 saturated carbocycles. The first-order valence-electron chi connectivity index (χ1n) is 8.71. The monoisotopic (exact) mass is 328 g/mol. The first kappa shape index (κ1) is 15.2. The number of benzene rings is 1. The Hall–Kier alpha value is -1.39. The van der Waals surface area contributed by atoms with E-state index in [2.05, 4.69) is 35.0 Å². The fraction of sp³-hybridized carbons (Fsp3) is 0.526. The molecule has 0 spiro atoms. The summed E-state index contributed by atoms with van der Waals surface area (Å²) in [5.74, 6) is 1.50. The zero-order valence-electron chi connectivity index (χ0n) is 13.3. The van der Waals surface area contributed by atoms with Crippen LogP contribution in [-0.4, -0.2) is 11.9 Å². The van der Waals surface area contributed by atoms with Crippen LogP contribution in [0.3, 0.4) is 0 Å². The Kier molecular flexibility index (Phi) is 4.12. The third kappa shape index (κ3) is 2.90. The van der Waals surface area contributed by atoms with Crippen LogP contribution in [0.4, 0.5) is 0 Å². The van der Waals surface area contributed by atoms with Crippen LogP contribution in [0.2, 0.25) is 0 Å². The number of carbonyl (C=O) groups excluding carboxylic acids is 1. The van der Waals surface area contributed by atoms with E-state index in [4.69, 9.17) is 5.73 Å². The summed E-state index contributed by atoms with van der Waals surface area (Å²) in [6.07, 6.45) is 5.66. The van der Waals surface area contributed by atoms with Gasteiger partial charge < -0.3 is 11.1 Å². The Bertz CT molecular complexity index is 696. The third-order valence-corrected chi connectivity index (χ3v) is 6.81. The first-order chi connectivity index (χ1) is 11.2. The zero-order chi connectivity index (χ0) is 15.8. The summed E-state index contributed by atoms with van der Waals surface area (Å²) in [5, 5.41) is 6.61. The average Bonchev–Trinajstić information content (AvgIpc) is 2.95. The molecule has 2 aromatic rings. The maximum absolute atomic E-state index is 12.6. The van der Waals surface area contributed by atoms with Gasteiger partial charge in [0.05, 0.1) is 0 Å². The molecule has 2 aliphatic rings. The molecule has 2 bridgehead atoms. The number of hydrogen-bond acceptors (Lipinski definition) is 3. The summed E-state index contributed by atoms with van der Waals surface area (Å²) in [6.45, 7) is 0.640. The Morgan fingerprint density at radius 3 is 2.74 bits per heavy atom. The van der Waals surface area contributed by atoms with Crippen molar-refractivity contribution >= 4 is 27.3 Å². The molecule has 2 atom stereocenters. The Morgan fingerprint density at radius 1 is 1.22 bits per heavy atom. The van der Waals surface area contributed by atoms with Gasteiger partial charge in [-0.15, -0.1) is 11.3 Å². The van der Waals surface area contributed by atoms with Crippen molar-refractivity contribution in [1.82, 2.24) is 5.32 Å². The van der Waals surface area contributed by atoms with Crippen LogP contribution in [0.5, 0.6) is 0 Å². The number of nitrogens with two attached hydrogens (primary N) is 1. The number of fused-ring (bicyclic) bond motifs is 3. The van der Waals surface area contributed by atoms with E-state index >= 15 is 0 Å². The standard InChI is InChI=1S/C19H24N2OS/c20-18-12-4-3-5-13(18)9-14(8-12)19(22)21-10-15-11-23-17-7-2-1-6-16(15)17/h1-2,6-7,11-14,18H,3-5,8-10,20H2,(H,21,22). The molecule has 2 unspecified atom stereocenters. The second-order valence-corrected chi connectivity index (χ2v) is 8.08. The summed E-state index contributed by atoms with van der Waals surface area (Å²) >= 11 is 1.75. The lowest BCUT2D eigenvalue weighted by molar-refractivity contribution is -0.128. The van der Waals surface area contributed by atoms with Gasteiger partial charge in [-0.2, -0.15) is 0 Å². The second-order valence-electron chi connectivity index (χ2n) is 7.17. The fourth-order valence-electron chi connectivity index (χ4n) is 4.50. The summed E-state index contributed by atoms with van der Waals surface area (Å²) in [5.41, 5.74) is 7.56. The number of hydrogen-bond donors (Lipinski definition) is 2. The van der Waals surface area contributed by atoms with Gasteiger partial charge in [-0.25, -0.2) is 0 Å². The maximum atomic E-state index is 12.6. The van der Waals surface area contributed by atoms with E-state index < -0.39 is 0 Å². The van der Waals surface area contributed by atoms with Crippen molar-refractivity contribution in [1.29, 1.82) is 0 Å². The van der Waals surface area contributed by atoms with Crippen molar-refractivity contribution < 1.29 is 4.79 Å². The van der Waals surface area contributed by atoms with E-state index in [0.717, 1.165) is 12.8 Å². The van der Waals surface area contributed by atoms with Gasteiger partial charge in [-0.3, -0.25) is 4.79 Å². The molecule has 0 saturated heterocycles. The summed E-state index contributed by atoms with van der Waals surface area (Å²) < 4.78 is 1.29. The van der Waals surface area contributed by atoms with Crippen LogP contribution in [0, 0.1) is 17.8 Å². The van der Waals surface area contributed by atoms with Crippen molar-refractivity contribution in [3.63, 3.8) is 0 Å². The van der Waals surface area contributed by atoms with Gasteiger partial charge in [0, 0.05) is 23.2 Å². The van der Waals surface area contributed by atoms with Gasteiger partial charge in [0.25, 0.3) is 0 Å². The molecule has 0 aliphatic heterocycles. The lowest BCUT2D eigenvalue weighted by Crippen LogP contribution is -2.49. The van der Waals surface area contributed by atoms with Gasteiger partial charge in [0.15, 0.2) is 0 Å². The topological polar surface area (TPSA) is 55.1 Å². The largest absolute Gasteiger partial charge is 0.352 e. The van der Waals surface area contributed by atoms with E-state index in [-0.39, 0.29) is 11.8 Å². The van der Waals surface area contributed by atoms with E-state index in [1.807, 2.05) is 0 Å². The predicted octanol–water partition coefficient (Wildman–Crippen LogP) is 3.67. The minimum absolute atomic E-state index is 0.162. The SMILES string of the molecule is NC1C2CCCC1CC(C(=O)NCc1csc3ccccc13)C2. The maximum Gasteiger partial charge on any atom is 0.223 e. The van der Waals surface area contributed by atoms with E-state index in [1.54, 1.807) is 11.3 Å². The molecule has 122 valence electrons. The van der Waals surface area contributed by atoms with Crippen LogP contribution in [0.1, 0.15) is 37.7 Å². The highest BCUT2D eigenvalue weighted by Crippen LogP contribution is 2.41. The van der Waals surface area contributed by atoms with Gasteiger partial charge in [-0.05, 0) is 59.9 Å². The lowest BCUT2D eigenvalue weighted by Gasteiger charge is -2.43. The number of amides is 1. The molecule has 1 amide bonds. The highest BCUT2D eigenvalue weighted by Gasteiger charge is 2.40. The van der Waals surface area contributed by atoms with Gasteiger partial charge in [0.2, 0.25) is 5.91 Å². The van der Waals surface area contributed by atoms with E-state index in [1.165, 1.54) is 34.9 Å². The quantitative estimate of drug-likeness (QED) is 0.903. The summed E-state index contributed by atoms with van der Waals surface area (Å²) in [7, 11) is 0. The molecule has 0 radical (unpaired) electrons. The molecular weight excluding hydrogens is 304 g/mol. The number of rotatable bonds is 3. The predicted molar refractivity (Wildman–Crippen MR) is 95.2 cm³/mol. The fourth-order valence-corrected chi connectivity index (χ4v) is 5.46. The zero-order valence-corrected chi connectivity index (χ0v) is 14.1. The van der Waals surface area contributed by atoms with Crippen molar-refractivity contribution in [2.45, 2.75) is 44.7 Å². The minimum atomic E-state index is 0.162. The summed E-state index contributed by atoms with van der Waals surface area (Å²) in [4.78, 5) is 12.6. The van der Waals surface area contributed by atoms with Gasteiger partial charge >= 0.3 is 0 Å². The van der Waals surface area contributed by atoms with Crippen LogP contribution in [-0.2, 0) is 11.3 Å². The van der Waals surface area contributed by atoms with E-state index in [0.29, 0.717) is 24.4 Å². The van der Waals surface area contributed by atoms with Gasteiger partial charge in [-0.1, -0.05) is 24.6 Å². The Labute approximate surface area is 141 Å². The molecule has 1 aromatic heterocycles. The molecule has 3 nitrogen and oxygen atoms in total. The highest BCUT2D eigenvalue weighted by molar-refractivity contribution is 7.17.